The van der Waals surface area contributed by atoms with Gasteiger partial charge in [-0.3, -0.25) is 4.79 Å². The summed E-state index contributed by atoms with van der Waals surface area (Å²) in [4.78, 5) is 13.4. The number of amides is 1. The van der Waals surface area contributed by atoms with Crippen LogP contribution >= 0.6 is 11.6 Å². The number of rotatable bonds is 7. The highest BCUT2D eigenvalue weighted by Crippen LogP contribution is 2.28. The van der Waals surface area contributed by atoms with Crippen molar-refractivity contribution >= 4 is 17.5 Å². The third-order valence-electron chi connectivity index (χ3n) is 2.83. The summed E-state index contributed by atoms with van der Waals surface area (Å²) >= 11 is 5.80. The van der Waals surface area contributed by atoms with Crippen LogP contribution in [0.1, 0.15) is 25.8 Å². The number of carbonyl (C=O) groups excluding carboxylic acids is 1. The van der Waals surface area contributed by atoms with Crippen LogP contribution in [0.25, 0.3) is 0 Å². The molecule has 0 radical (unpaired) electrons. The second-order valence-corrected chi connectivity index (χ2v) is 5.30. The van der Waals surface area contributed by atoms with E-state index in [-0.39, 0.29) is 5.91 Å². The highest BCUT2D eigenvalue weighted by molar-refractivity contribution is 6.30. The molecule has 112 valence electrons. The average Bonchev–Trinajstić information content (AvgIpc) is 2.44. The van der Waals surface area contributed by atoms with Crippen LogP contribution in [-0.2, 0) is 11.3 Å². The van der Waals surface area contributed by atoms with Gasteiger partial charge < -0.3 is 14.4 Å². The number of ether oxygens (including phenoxy) is 2. The van der Waals surface area contributed by atoms with Gasteiger partial charge in [0.1, 0.15) is 5.38 Å². The van der Waals surface area contributed by atoms with Gasteiger partial charge in [-0.25, -0.2) is 0 Å². The number of hydrogen-bond donors (Lipinski definition) is 0. The van der Waals surface area contributed by atoms with E-state index in [0.717, 1.165) is 12.0 Å². The van der Waals surface area contributed by atoms with Crippen LogP contribution in [0.15, 0.2) is 18.2 Å². The topological polar surface area (TPSA) is 38.8 Å². The van der Waals surface area contributed by atoms with Crippen LogP contribution in [-0.4, -0.2) is 36.9 Å². The van der Waals surface area contributed by atoms with Gasteiger partial charge in [-0.1, -0.05) is 13.0 Å². The van der Waals surface area contributed by atoms with Crippen molar-refractivity contribution in [2.75, 3.05) is 20.8 Å². The van der Waals surface area contributed by atoms with Crippen molar-refractivity contribution in [2.24, 2.45) is 0 Å². The number of halogens is 1. The molecule has 0 fully saturated rings. The van der Waals surface area contributed by atoms with Crippen molar-refractivity contribution in [1.29, 1.82) is 0 Å². The molecular weight excluding hydrogens is 278 g/mol. The van der Waals surface area contributed by atoms with E-state index in [0.29, 0.717) is 24.7 Å². The molecule has 0 aliphatic rings. The summed E-state index contributed by atoms with van der Waals surface area (Å²) in [5, 5.41) is -0.519. The van der Waals surface area contributed by atoms with Gasteiger partial charge in [0.15, 0.2) is 11.5 Å². The van der Waals surface area contributed by atoms with Crippen molar-refractivity contribution in [3.8, 4) is 11.5 Å². The monoisotopic (exact) mass is 299 g/mol. The molecule has 0 N–H and O–H groups in total. The molecule has 0 aliphatic carbocycles. The Bertz CT molecular complexity index is 449. The van der Waals surface area contributed by atoms with Crippen molar-refractivity contribution in [3.05, 3.63) is 23.8 Å². The molecule has 1 amide bonds. The molecule has 1 rings (SSSR count). The summed E-state index contributed by atoms with van der Waals surface area (Å²) in [6.45, 7) is 4.84. The molecule has 5 heteroatoms. The summed E-state index contributed by atoms with van der Waals surface area (Å²) in [6.07, 6.45) is 0.926. The Kier molecular flexibility index (Phi) is 6.65. The zero-order chi connectivity index (χ0) is 15.1. The Hall–Kier alpha value is -1.42. The van der Waals surface area contributed by atoms with Gasteiger partial charge in [-0.15, -0.1) is 11.6 Å². The fourth-order valence-corrected chi connectivity index (χ4v) is 1.97. The largest absolute Gasteiger partial charge is 0.493 e. The van der Waals surface area contributed by atoms with Crippen molar-refractivity contribution in [1.82, 2.24) is 4.90 Å². The Morgan fingerprint density at radius 3 is 2.65 bits per heavy atom. The third kappa shape index (κ3) is 4.60. The Balaban J connectivity index is 2.83. The Labute approximate surface area is 125 Å². The molecule has 0 bridgehead atoms. The summed E-state index contributed by atoms with van der Waals surface area (Å²) in [5.74, 6) is 1.30. The van der Waals surface area contributed by atoms with Crippen molar-refractivity contribution in [3.63, 3.8) is 0 Å². The Morgan fingerprint density at radius 2 is 2.10 bits per heavy atom. The number of hydrogen-bond acceptors (Lipinski definition) is 3. The van der Waals surface area contributed by atoms with E-state index in [2.05, 4.69) is 0 Å². The van der Waals surface area contributed by atoms with Gasteiger partial charge in [0.05, 0.1) is 13.7 Å². The minimum atomic E-state index is -0.519. The maximum absolute atomic E-state index is 11.8. The first-order chi connectivity index (χ1) is 9.49. The maximum atomic E-state index is 11.8. The van der Waals surface area contributed by atoms with Crippen LogP contribution in [0.3, 0.4) is 0 Å². The lowest BCUT2D eigenvalue weighted by atomic mass is 10.2. The molecule has 0 heterocycles. The summed E-state index contributed by atoms with van der Waals surface area (Å²) in [6, 6.07) is 5.67. The minimum Gasteiger partial charge on any atom is -0.493 e. The third-order valence-corrected chi connectivity index (χ3v) is 3.01. The molecule has 0 aliphatic heterocycles. The van der Waals surface area contributed by atoms with E-state index in [1.54, 1.807) is 26.0 Å². The lowest BCUT2D eigenvalue weighted by molar-refractivity contribution is -0.129. The number of alkyl halides is 1. The molecule has 0 spiro atoms. The number of benzene rings is 1. The van der Waals surface area contributed by atoms with E-state index >= 15 is 0 Å². The zero-order valence-electron chi connectivity index (χ0n) is 12.5. The van der Waals surface area contributed by atoms with Crippen molar-refractivity contribution < 1.29 is 14.3 Å². The standard InChI is InChI=1S/C15H22ClNO3/c1-5-8-20-14-9-12(6-7-13(14)19-4)10-17(3)15(18)11(2)16/h6-7,9,11H,5,8,10H2,1-4H3. The molecule has 0 saturated carbocycles. The van der Waals surface area contributed by atoms with Crippen LogP contribution in [0, 0.1) is 0 Å². The molecule has 1 atom stereocenters. The highest BCUT2D eigenvalue weighted by atomic mass is 35.5. The fourth-order valence-electron chi connectivity index (χ4n) is 1.80. The van der Waals surface area contributed by atoms with Crippen LogP contribution in [0.5, 0.6) is 11.5 Å². The smallest absolute Gasteiger partial charge is 0.240 e. The van der Waals surface area contributed by atoms with Gasteiger partial charge in [0, 0.05) is 13.6 Å². The summed E-state index contributed by atoms with van der Waals surface area (Å²) in [7, 11) is 3.34. The number of nitrogens with zero attached hydrogens (tertiary/aromatic N) is 1. The first-order valence-electron chi connectivity index (χ1n) is 6.68. The van der Waals surface area contributed by atoms with Gasteiger partial charge in [0.2, 0.25) is 5.91 Å². The molecule has 0 aromatic heterocycles. The molecular formula is C15H22ClNO3. The number of carbonyl (C=O) groups is 1. The van der Waals surface area contributed by atoms with Gasteiger partial charge in [0.25, 0.3) is 0 Å². The van der Waals surface area contributed by atoms with Crippen LogP contribution in [0.2, 0.25) is 0 Å². The minimum absolute atomic E-state index is 0.0986. The summed E-state index contributed by atoms with van der Waals surface area (Å²) < 4.78 is 10.9. The van der Waals surface area contributed by atoms with Crippen LogP contribution < -0.4 is 9.47 Å². The van der Waals surface area contributed by atoms with E-state index < -0.39 is 5.38 Å². The average molecular weight is 300 g/mol. The highest BCUT2D eigenvalue weighted by Gasteiger charge is 2.15. The molecule has 4 nitrogen and oxygen atoms in total. The number of methoxy groups -OCH3 is 1. The quantitative estimate of drug-likeness (QED) is 0.726. The molecule has 20 heavy (non-hydrogen) atoms. The second-order valence-electron chi connectivity index (χ2n) is 4.64. The summed E-state index contributed by atoms with van der Waals surface area (Å²) in [5.41, 5.74) is 0.977. The fraction of sp³-hybridized carbons (Fsp3) is 0.533. The maximum Gasteiger partial charge on any atom is 0.240 e. The second kappa shape index (κ2) is 8.00. The SMILES string of the molecule is CCCOc1cc(CN(C)C(=O)C(C)Cl)ccc1OC. The van der Waals surface area contributed by atoms with Gasteiger partial charge >= 0.3 is 0 Å². The predicted octanol–water partition coefficient (Wildman–Crippen LogP) is 3.07. The van der Waals surface area contributed by atoms with Gasteiger partial charge in [-0.2, -0.15) is 0 Å². The van der Waals surface area contributed by atoms with E-state index in [1.807, 2.05) is 25.1 Å². The normalized spacial score (nSPS) is 11.8. The van der Waals surface area contributed by atoms with E-state index in [4.69, 9.17) is 21.1 Å². The van der Waals surface area contributed by atoms with Gasteiger partial charge in [-0.05, 0) is 31.0 Å². The predicted molar refractivity (Wildman–Crippen MR) is 80.6 cm³/mol. The van der Waals surface area contributed by atoms with Crippen molar-refractivity contribution in [2.45, 2.75) is 32.2 Å². The van der Waals surface area contributed by atoms with E-state index in [1.165, 1.54) is 0 Å². The molecule has 1 unspecified atom stereocenters. The zero-order valence-corrected chi connectivity index (χ0v) is 13.2. The Morgan fingerprint density at radius 1 is 1.40 bits per heavy atom. The molecule has 1 aromatic rings. The van der Waals surface area contributed by atoms with Crippen LogP contribution in [0.4, 0.5) is 0 Å². The lowest BCUT2D eigenvalue weighted by Gasteiger charge is -2.19. The van der Waals surface area contributed by atoms with E-state index in [9.17, 15) is 4.79 Å². The first kappa shape index (κ1) is 16.6. The first-order valence-corrected chi connectivity index (χ1v) is 7.12. The lowest BCUT2D eigenvalue weighted by Crippen LogP contribution is -2.31. The molecule has 0 saturated heterocycles. The molecule has 1 aromatic carbocycles.